The molecule has 0 radical (unpaired) electrons. The lowest BCUT2D eigenvalue weighted by molar-refractivity contribution is -0.122. The maximum atomic E-state index is 12.6. The Labute approximate surface area is 145 Å². The van der Waals surface area contributed by atoms with Crippen LogP contribution in [0, 0.1) is 19.8 Å². The third-order valence-electron chi connectivity index (χ3n) is 4.37. The molecule has 0 unspecified atom stereocenters. The summed E-state index contributed by atoms with van der Waals surface area (Å²) in [6.07, 6.45) is 0.191. The first-order valence-corrected chi connectivity index (χ1v) is 8.11. The van der Waals surface area contributed by atoms with Gasteiger partial charge in [0.2, 0.25) is 11.8 Å². The van der Waals surface area contributed by atoms with E-state index in [9.17, 15) is 9.59 Å². The van der Waals surface area contributed by atoms with E-state index in [2.05, 4.69) is 10.4 Å². The molecule has 126 valence electrons. The number of benzene rings is 1. The highest BCUT2D eigenvalue weighted by molar-refractivity contribution is 6.31. The molecule has 24 heavy (non-hydrogen) atoms. The molecule has 1 saturated heterocycles. The second-order valence-corrected chi connectivity index (χ2v) is 6.48. The zero-order chi connectivity index (χ0) is 17.4. The van der Waals surface area contributed by atoms with Crippen LogP contribution in [0.3, 0.4) is 0 Å². The Morgan fingerprint density at radius 1 is 1.38 bits per heavy atom. The summed E-state index contributed by atoms with van der Waals surface area (Å²) in [5.41, 5.74) is 3.09. The first-order valence-electron chi connectivity index (χ1n) is 7.74. The van der Waals surface area contributed by atoms with Gasteiger partial charge < -0.3 is 10.2 Å². The molecule has 2 amide bonds. The molecular formula is C17H19ClN4O2. The van der Waals surface area contributed by atoms with Crippen molar-refractivity contribution < 1.29 is 9.59 Å². The van der Waals surface area contributed by atoms with Crippen LogP contribution in [0.4, 0.5) is 11.4 Å². The van der Waals surface area contributed by atoms with E-state index in [1.165, 1.54) is 0 Å². The summed E-state index contributed by atoms with van der Waals surface area (Å²) < 4.78 is 1.73. The normalized spacial score (nSPS) is 17.4. The third kappa shape index (κ3) is 3.01. The highest BCUT2D eigenvalue weighted by Crippen LogP contribution is 2.28. The fourth-order valence-corrected chi connectivity index (χ4v) is 3.14. The average molecular weight is 347 g/mol. The van der Waals surface area contributed by atoms with Crippen LogP contribution in [0.1, 0.15) is 17.8 Å². The zero-order valence-electron chi connectivity index (χ0n) is 13.8. The van der Waals surface area contributed by atoms with Gasteiger partial charge in [0.15, 0.2) is 0 Å². The molecule has 1 aromatic carbocycles. The van der Waals surface area contributed by atoms with Gasteiger partial charge in [0.1, 0.15) is 0 Å². The smallest absolute Gasteiger partial charge is 0.229 e. The monoisotopic (exact) mass is 346 g/mol. The number of carbonyl (C=O) groups is 2. The number of anilines is 2. The Balaban J connectivity index is 1.74. The van der Waals surface area contributed by atoms with E-state index in [0.29, 0.717) is 11.6 Å². The average Bonchev–Trinajstić information content (AvgIpc) is 3.03. The summed E-state index contributed by atoms with van der Waals surface area (Å²) in [5, 5.41) is 7.77. The maximum Gasteiger partial charge on any atom is 0.229 e. The SMILES string of the molecule is Cc1nn(C)c(C)c1NC(=O)[C@H]1CC(=O)N(c2cccc(Cl)c2)C1. The van der Waals surface area contributed by atoms with Crippen LogP contribution in [-0.2, 0) is 16.6 Å². The quantitative estimate of drug-likeness (QED) is 0.929. The van der Waals surface area contributed by atoms with Crippen molar-refractivity contribution in [3.8, 4) is 0 Å². The highest BCUT2D eigenvalue weighted by Gasteiger charge is 2.35. The van der Waals surface area contributed by atoms with Gasteiger partial charge in [0.05, 0.1) is 23.0 Å². The number of carbonyl (C=O) groups excluding carboxylic acids is 2. The van der Waals surface area contributed by atoms with Crippen molar-refractivity contribution in [1.29, 1.82) is 0 Å². The molecule has 2 heterocycles. The fraction of sp³-hybridized carbons (Fsp3) is 0.353. The Bertz CT molecular complexity index is 815. The van der Waals surface area contributed by atoms with Crippen molar-refractivity contribution >= 4 is 34.8 Å². The van der Waals surface area contributed by atoms with Gasteiger partial charge >= 0.3 is 0 Å². The number of aromatic nitrogens is 2. The van der Waals surface area contributed by atoms with Crippen LogP contribution >= 0.6 is 11.6 Å². The van der Waals surface area contributed by atoms with Crippen molar-refractivity contribution in [3.05, 3.63) is 40.7 Å². The van der Waals surface area contributed by atoms with Gasteiger partial charge in [-0.15, -0.1) is 0 Å². The molecule has 1 aromatic heterocycles. The topological polar surface area (TPSA) is 67.2 Å². The van der Waals surface area contributed by atoms with E-state index in [4.69, 9.17) is 11.6 Å². The van der Waals surface area contributed by atoms with Crippen LogP contribution in [0.25, 0.3) is 0 Å². The second kappa shape index (κ2) is 6.28. The number of aryl methyl sites for hydroxylation is 2. The minimum atomic E-state index is -0.393. The van der Waals surface area contributed by atoms with Crippen LogP contribution in [0.15, 0.2) is 24.3 Å². The third-order valence-corrected chi connectivity index (χ3v) is 4.61. The molecule has 0 bridgehead atoms. The van der Waals surface area contributed by atoms with Crippen molar-refractivity contribution in [1.82, 2.24) is 9.78 Å². The molecule has 1 aliphatic rings. The molecule has 3 rings (SSSR count). The lowest BCUT2D eigenvalue weighted by atomic mass is 10.1. The molecule has 1 fully saturated rings. The Morgan fingerprint density at radius 3 is 2.75 bits per heavy atom. The molecular weight excluding hydrogens is 328 g/mol. The molecule has 1 atom stereocenters. The minimum Gasteiger partial charge on any atom is -0.323 e. The van der Waals surface area contributed by atoms with E-state index in [-0.39, 0.29) is 18.2 Å². The molecule has 1 aliphatic heterocycles. The van der Waals surface area contributed by atoms with Crippen LogP contribution in [0.5, 0.6) is 0 Å². The standard InChI is InChI=1S/C17H19ClN4O2/c1-10-16(11(2)21(3)20-10)19-17(24)12-7-15(23)22(9-12)14-6-4-5-13(18)8-14/h4-6,8,12H,7,9H2,1-3H3,(H,19,24)/t12-/m0/s1. The first-order chi connectivity index (χ1) is 11.4. The number of nitrogens with zero attached hydrogens (tertiary/aromatic N) is 3. The summed E-state index contributed by atoms with van der Waals surface area (Å²) in [4.78, 5) is 26.5. The lowest BCUT2D eigenvalue weighted by Crippen LogP contribution is -2.28. The van der Waals surface area contributed by atoms with Gasteiger partial charge in [-0.3, -0.25) is 14.3 Å². The number of hydrogen-bond donors (Lipinski definition) is 1. The van der Waals surface area contributed by atoms with E-state index in [0.717, 1.165) is 22.8 Å². The van der Waals surface area contributed by atoms with Gasteiger partial charge in [-0.1, -0.05) is 17.7 Å². The summed E-state index contributed by atoms with van der Waals surface area (Å²) in [6, 6.07) is 7.10. The predicted octanol–water partition coefficient (Wildman–Crippen LogP) is 2.68. The Hall–Kier alpha value is -2.34. The van der Waals surface area contributed by atoms with Crippen molar-refractivity contribution in [2.75, 3.05) is 16.8 Å². The van der Waals surface area contributed by atoms with Crippen molar-refractivity contribution in [2.45, 2.75) is 20.3 Å². The minimum absolute atomic E-state index is 0.0722. The first kappa shape index (κ1) is 16.5. The van der Waals surface area contributed by atoms with Crippen LogP contribution in [0.2, 0.25) is 5.02 Å². The number of halogens is 1. The number of nitrogens with one attached hydrogen (secondary N) is 1. The van der Waals surface area contributed by atoms with E-state index in [1.54, 1.807) is 27.8 Å². The number of amides is 2. The highest BCUT2D eigenvalue weighted by atomic mass is 35.5. The summed E-state index contributed by atoms with van der Waals surface area (Å²) in [6.45, 7) is 4.09. The molecule has 0 saturated carbocycles. The lowest BCUT2D eigenvalue weighted by Gasteiger charge is -2.17. The van der Waals surface area contributed by atoms with Crippen LogP contribution in [-0.4, -0.2) is 28.1 Å². The summed E-state index contributed by atoms with van der Waals surface area (Å²) in [5.74, 6) is -0.625. The number of rotatable bonds is 3. The van der Waals surface area contributed by atoms with Crippen molar-refractivity contribution in [3.63, 3.8) is 0 Å². The summed E-state index contributed by atoms with van der Waals surface area (Å²) in [7, 11) is 1.83. The van der Waals surface area contributed by atoms with Crippen molar-refractivity contribution in [2.24, 2.45) is 13.0 Å². The second-order valence-electron chi connectivity index (χ2n) is 6.04. The van der Waals surface area contributed by atoms with Gasteiger partial charge in [0, 0.05) is 30.7 Å². The van der Waals surface area contributed by atoms with Gasteiger partial charge in [0.25, 0.3) is 0 Å². The predicted molar refractivity (Wildman–Crippen MR) is 93.2 cm³/mol. The molecule has 0 aliphatic carbocycles. The number of hydrogen-bond acceptors (Lipinski definition) is 3. The Morgan fingerprint density at radius 2 is 2.12 bits per heavy atom. The molecule has 1 N–H and O–H groups in total. The molecule has 6 nitrogen and oxygen atoms in total. The van der Waals surface area contributed by atoms with Gasteiger partial charge in [-0.2, -0.15) is 5.10 Å². The maximum absolute atomic E-state index is 12.6. The Kier molecular flexibility index (Phi) is 4.32. The molecule has 0 spiro atoms. The summed E-state index contributed by atoms with van der Waals surface area (Å²) >= 11 is 5.99. The van der Waals surface area contributed by atoms with Gasteiger partial charge in [-0.05, 0) is 32.0 Å². The van der Waals surface area contributed by atoms with E-state index < -0.39 is 5.92 Å². The van der Waals surface area contributed by atoms with Crippen LogP contribution < -0.4 is 10.2 Å². The zero-order valence-corrected chi connectivity index (χ0v) is 14.6. The van der Waals surface area contributed by atoms with Gasteiger partial charge in [-0.25, -0.2) is 0 Å². The molecule has 2 aromatic rings. The molecule has 7 heteroatoms. The fourth-order valence-electron chi connectivity index (χ4n) is 2.96. The van der Waals surface area contributed by atoms with E-state index >= 15 is 0 Å². The largest absolute Gasteiger partial charge is 0.323 e. The van der Waals surface area contributed by atoms with E-state index in [1.807, 2.05) is 27.0 Å².